The van der Waals surface area contributed by atoms with Gasteiger partial charge in [-0.05, 0) is 45.3 Å². The summed E-state index contributed by atoms with van der Waals surface area (Å²) in [6.45, 7) is 7.37. The number of hydrogen-bond acceptors (Lipinski definition) is 4. The summed E-state index contributed by atoms with van der Waals surface area (Å²) >= 11 is 0. The largest absolute Gasteiger partial charge is 0.331 e. The third-order valence-corrected chi connectivity index (χ3v) is 3.57. The van der Waals surface area contributed by atoms with Crippen LogP contribution in [0.15, 0.2) is 12.5 Å². The van der Waals surface area contributed by atoms with Crippen LogP contribution in [0.1, 0.15) is 23.9 Å². The van der Waals surface area contributed by atoms with Gasteiger partial charge in [0.2, 0.25) is 0 Å². The van der Waals surface area contributed by atoms with Crippen LogP contribution in [0, 0.1) is 19.8 Å². The van der Waals surface area contributed by atoms with Crippen molar-refractivity contribution in [2.45, 2.75) is 27.2 Å². The number of aryl methyl sites for hydroxylation is 3. The molecular formula is C15H23N5. The molecule has 108 valence electrons. The monoisotopic (exact) mass is 273 g/mol. The minimum atomic E-state index is 0.573. The molecule has 0 fully saturated rings. The van der Waals surface area contributed by atoms with E-state index in [2.05, 4.69) is 41.0 Å². The van der Waals surface area contributed by atoms with Gasteiger partial charge in [0, 0.05) is 18.4 Å². The number of imidazole rings is 1. The van der Waals surface area contributed by atoms with E-state index in [4.69, 9.17) is 0 Å². The first-order valence-electron chi connectivity index (χ1n) is 6.98. The van der Waals surface area contributed by atoms with Crippen LogP contribution < -0.4 is 5.32 Å². The van der Waals surface area contributed by atoms with Gasteiger partial charge in [0.1, 0.15) is 5.69 Å². The van der Waals surface area contributed by atoms with Gasteiger partial charge < -0.3 is 9.88 Å². The van der Waals surface area contributed by atoms with Crippen molar-refractivity contribution in [3.05, 3.63) is 29.5 Å². The van der Waals surface area contributed by atoms with Crippen molar-refractivity contribution in [1.29, 1.82) is 0 Å². The molecular weight excluding hydrogens is 250 g/mol. The van der Waals surface area contributed by atoms with Crippen molar-refractivity contribution < 1.29 is 0 Å². The highest BCUT2D eigenvalue weighted by Crippen LogP contribution is 2.20. The van der Waals surface area contributed by atoms with E-state index in [1.54, 1.807) is 12.5 Å². The Morgan fingerprint density at radius 3 is 2.40 bits per heavy atom. The van der Waals surface area contributed by atoms with Crippen LogP contribution in [0.3, 0.4) is 0 Å². The van der Waals surface area contributed by atoms with Crippen LogP contribution in [0.25, 0.3) is 11.5 Å². The number of rotatable bonds is 5. The second-order valence-electron chi connectivity index (χ2n) is 5.45. The zero-order valence-corrected chi connectivity index (χ0v) is 12.9. The van der Waals surface area contributed by atoms with E-state index in [1.807, 2.05) is 18.7 Å². The van der Waals surface area contributed by atoms with Crippen LogP contribution in [0.2, 0.25) is 0 Å². The van der Waals surface area contributed by atoms with Gasteiger partial charge >= 0.3 is 0 Å². The number of aromatic nitrogens is 4. The number of hydrogen-bond donors (Lipinski definition) is 1. The van der Waals surface area contributed by atoms with Crippen LogP contribution >= 0.6 is 0 Å². The first-order valence-corrected chi connectivity index (χ1v) is 6.98. The third kappa shape index (κ3) is 3.04. The molecule has 0 bridgehead atoms. The SMILES string of the molecule is CNCC(C)Cc1c(C)nc(-c2cncn2C)nc1C. The summed E-state index contributed by atoms with van der Waals surface area (Å²) < 4.78 is 1.94. The minimum Gasteiger partial charge on any atom is -0.331 e. The Morgan fingerprint density at radius 1 is 1.25 bits per heavy atom. The van der Waals surface area contributed by atoms with Gasteiger partial charge in [-0.2, -0.15) is 0 Å². The molecule has 0 saturated carbocycles. The van der Waals surface area contributed by atoms with Crippen molar-refractivity contribution in [3.63, 3.8) is 0 Å². The number of nitrogens with one attached hydrogen (secondary N) is 1. The predicted octanol–water partition coefficient (Wildman–Crippen LogP) is 1.89. The fourth-order valence-electron chi connectivity index (χ4n) is 2.49. The molecule has 0 aliphatic carbocycles. The van der Waals surface area contributed by atoms with Crippen LogP contribution in [-0.2, 0) is 13.5 Å². The second kappa shape index (κ2) is 6.13. The first-order chi connectivity index (χ1) is 9.52. The summed E-state index contributed by atoms with van der Waals surface area (Å²) in [5.74, 6) is 1.33. The molecule has 2 aromatic rings. The maximum atomic E-state index is 4.66. The molecule has 0 spiro atoms. The molecule has 1 N–H and O–H groups in total. The molecule has 2 heterocycles. The molecule has 5 heteroatoms. The molecule has 2 rings (SSSR count). The quantitative estimate of drug-likeness (QED) is 0.904. The molecule has 0 aromatic carbocycles. The summed E-state index contributed by atoms with van der Waals surface area (Å²) in [5.41, 5.74) is 4.35. The zero-order valence-electron chi connectivity index (χ0n) is 12.9. The van der Waals surface area contributed by atoms with Gasteiger partial charge in [-0.1, -0.05) is 6.92 Å². The van der Waals surface area contributed by atoms with E-state index in [0.29, 0.717) is 5.92 Å². The summed E-state index contributed by atoms with van der Waals surface area (Å²) in [6, 6.07) is 0. The average Bonchev–Trinajstić information content (AvgIpc) is 2.80. The fourth-order valence-corrected chi connectivity index (χ4v) is 2.49. The molecule has 2 aromatic heterocycles. The van der Waals surface area contributed by atoms with Crippen LogP contribution in [0.4, 0.5) is 0 Å². The summed E-state index contributed by atoms with van der Waals surface area (Å²) in [7, 11) is 3.94. The standard InChI is InChI=1S/C15H23N5/c1-10(7-16-4)6-13-11(2)18-15(19-12(13)3)14-8-17-9-20(14)5/h8-10,16H,6-7H2,1-5H3. The number of nitrogens with zero attached hydrogens (tertiary/aromatic N) is 4. The Balaban J connectivity index is 2.32. The van der Waals surface area contributed by atoms with E-state index in [1.165, 1.54) is 5.56 Å². The second-order valence-corrected chi connectivity index (χ2v) is 5.45. The smallest absolute Gasteiger partial charge is 0.178 e. The lowest BCUT2D eigenvalue weighted by Crippen LogP contribution is -2.19. The molecule has 1 unspecified atom stereocenters. The van der Waals surface area contributed by atoms with Crippen molar-refractivity contribution in [2.24, 2.45) is 13.0 Å². The van der Waals surface area contributed by atoms with Crippen molar-refractivity contribution in [3.8, 4) is 11.5 Å². The Labute approximate surface area is 120 Å². The van der Waals surface area contributed by atoms with Gasteiger partial charge in [0.05, 0.1) is 12.5 Å². The molecule has 0 saturated heterocycles. The van der Waals surface area contributed by atoms with Gasteiger partial charge in [-0.3, -0.25) is 0 Å². The summed E-state index contributed by atoms with van der Waals surface area (Å²) in [6.07, 6.45) is 4.58. The van der Waals surface area contributed by atoms with Crippen LogP contribution in [-0.4, -0.2) is 33.1 Å². The molecule has 1 atom stereocenters. The van der Waals surface area contributed by atoms with Gasteiger partial charge in [0.15, 0.2) is 5.82 Å². The zero-order chi connectivity index (χ0) is 14.7. The molecule has 0 amide bonds. The average molecular weight is 273 g/mol. The van der Waals surface area contributed by atoms with Crippen molar-refractivity contribution in [2.75, 3.05) is 13.6 Å². The van der Waals surface area contributed by atoms with Crippen molar-refractivity contribution in [1.82, 2.24) is 24.8 Å². The normalized spacial score (nSPS) is 12.7. The summed E-state index contributed by atoms with van der Waals surface area (Å²) in [4.78, 5) is 13.4. The molecule has 5 nitrogen and oxygen atoms in total. The molecule has 0 aliphatic heterocycles. The van der Waals surface area contributed by atoms with E-state index in [-0.39, 0.29) is 0 Å². The maximum Gasteiger partial charge on any atom is 0.178 e. The Bertz CT molecular complexity index is 565. The summed E-state index contributed by atoms with van der Waals surface area (Å²) in [5, 5.41) is 3.22. The lowest BCUT2D eigenvalue weighted by atomic mass is 9.98. The van der Waals surface area contributed by atoms with Crippen LogP contribution in [0.5, 0.6) is 0 Å². The lowest BCUT2D eigenvalue weighted by molar-refractivity contribution is 0.537. The van der Waals surface area contributed by atoms with E-state index < -0.39 is 0 Å². The lowest BCUT2D eigenvalue weighted by Gasteiger charge is -2.15. The highest BCUT2D eigenvalue weighted by Gasteiger charge is 2.14. The Hall–Kier alpha value is -1.75. The first kappa shape index (κ1) is 14.7. The highest BCUT2D eigenvalue weighted by atomic mass is 15.1. The maximum absolute atomic E-state index is 4.66. The van der Waals surface area contributed by atoms with Gasteiger partial charge in [-0.15, -0.1) is 0 Å². The minimum absolute atomic E-state index is 0.573. The predicted molar refractivity (Wildman–Crippen MR) is 80.5 cm³/mol. The van der Waals surface area contributed by atoms with E-state index in [9.17, 15) is 0 Å². The topological polar surface area (TPSA) is 55.6 Å². The Morgan fingerprint density at radius 2 is 1.90 bits per heavy atom. The third-order valence-electron chi connectivity index (χ3n) is 3.57. The van der Waals surface area contributed by atoms with E-state index >= 15 is 0 Å². The van der Waals surface area contributed by atoms with Crippen molar-refractivity contribution >= 4 is 0 Å². The van der Waals surface area contributed by atoms with E-state index in [0.717, 1.165) is 35.9 Å². The molecule has 0 aliphatic rings. The van der Waals surface area contributed by atoms with Gasteiger partial charge in [0.25, 0.3) is 0 Å². The fraction of sp³-hybridized carbons (Fsp3) is 0.533. The Kier molecular flexibility index (Phi) is 4.49. The molecule has 0 radical (unpaired) electrons. The molecule has 20 heavy (non-hydrogen) atoms. The van der Waals surface area contributed by atoms with Gasteiger partial charge in [-0.25, -0.2) is 15.0 Å². The highest BCUT2D eigenvalue weighted by molar-refractivity contribution is 5.50.